The fourth-order valence-corrected chi connectivity index (χ4v) is 2.90. The predicted octanol–water partition coefficient (Wildman–Crippen LogP) is 1.96. The Labute approximate surface area is 130 Å². The summed E-state index contributed by atoms with van der Waals surface area (Å²) in [4.78, 5) is 9.24. The number of hydrogen-bond donors (Lipinski definition) is 1. The average molecular weight is 295 g/mol. The van der Waals surface area contributed by atoms with E-state index in [1.807, 2.05) is 12.5 Å². The number of hydrogen-bond acceptors (Lipinski definition) is 4. The van der Waals surface area contributed by atoms with Gasteiger partial charge in [-0.25, -0.2) is 4.98 Å². The quantitative estimate of drug-likeness (QED) is 0.678. The molecule has 0 fully saturated rings. The first-order valence-electron chi connectivity index (χ1n) is 8.38. The summed E-state index contributed by atoms with van der Waals surface area (Å²) >= 11 is 0. The Morgan fingerprint density at radius 1 is 1.14 bits per heavy atom. The van der Waals surface area contributed by atoms with Crippen molar-refractivity contribution in [2.75, 3.05) is 39.3 Å². The molecule has 0 aliphatic carbocycles. The van der Waals surface area contributed by atoms with Crippen molar-refractivity contribution >= 4 is 0 Å². The second-order valence-corrected chi connectivity index (χ2v) is 5.37. The molecule has 0 saturated carbocycles. The Balaban J connectivity index is 2.63. The van der Waals surface area contributed by atoms with Gasteiger partial charge in [0.2, 0.25) is 0 Å². The van der Waals surface area contributed by atoms with Crippen LogP contribution in [0.25, 0.3) is 0 Å². The van der Waals surface area contributed by atoms with Gasteiger partial charge in [0, 0.05) is 25.8 Å². The van der Waals surface area contributed by atoms with Gasteiger partial charge in [0.15, 0.2) is 0 Å². The van der Waals surface area contributed by atoms with Crippen LogP contribution < -0.4 is 5.73 Å². The van der Waals surface area contributed by atoms with Gasteiger partial charge in [-0.3, -0.25) is 4.90 Å². The molecule has 0 radical (unpaired) electrons. The third kappa shape index (κ3) is 5.09. The fraction of sp³-hybridized carbons (Fsp3) is 0.812. The summed E-state index contributed by atoms with van der Waals surface area (Å²) < 4.78 is 2.20. The number of likely N-dealkylation sites (N-methyl/N-ethyl adjacent to an activating group) is 1. The lowest BCUT2D eigenvalue weighted by molar-refractivity contribution is 0.187. The minimum Gasteiger partial charge on any atom is -0.333 e. The van der Waals surface area contributed by atoms with E-state index in [9.17, 15) is 0 Å². The fourth-order valence-electron chi connectivity index (χ4n) is 2.90. The van der Waals surface area contributed by atoms with E-state index in [0.29, 0.717) is 6.54 Å². The van der Waals surface area contributed by atoms with Gasteiger partial charge in [0.05, 0.1) is 18.1 Å². The maximum absolute atomic E-state index is 6.05. The zero-order chi connectivity index (χ0) is 15.7. The third-order valence-corrected chi connectivity index (χ3v) is 4.31. The van der Waals surface area contributed by atoms with Gasteiger partial charge in [-0.05, 0) is 39.5 Å². The smallest absolute Gasteiger partial charge is 0.0948 e. The monoisotopic (exact) mass is 295 g/mol. The van der Waals surface area contributed by atoms with Gasteiger partial charge in [-0.2, -0.15) is 0 Å². The molecule has 21 heavy (non-hydrogen) atoms. The predicted molar refractivity (Wildman–Crippen MR) is 89.3 cm³/mol. The third-order valence-electron chi connectivity index (χ3n) is 4.31. The van der Waals surface area contributed by atoms with Crippen molar-refractivity contribution in [1.29, 1.82) is 0 Å². The topological polar surface area (TPSA) is 50.3 Å². The number of nitrogens with two attached hydrogens (primary N) is 1. The Hall–Kier alpha value is -0.910. The van der Waals surface area contributed by atoms with E-state index >= 15 is 0 Å². The molecule has 1 atom stereocenters. The van der Waals surface area contributed by atoms with Gasteiger partial charge >= 0.3 is 0 Å². The molecule has 0 aromatic carbocycles. The van der Waals surface area contributed by atoms with Crippen LogP contribution in [0.5, 0.6) is 0 Å². The maximum atomic E-state index is 6.05. The summed E-state index contributed by atoms with van der Waals surface area (Å²) in [5.74, 6) is 0. The average Bonchev–Trinajstić information content (AvgIpc) is 2.98. The van der Waals surface area contributed by atoms with Crippen LogP contribution in [-0.4, -0.2) is 58.6 Å². The highest BCUT2D eigenvalue weighted by Gasteiger charge is 2.20. The molecule has 0 spiro atoms. The molecule has 122 valence electrons. The van der Waals surface area contributed by atoms with Crippen LogP contribution in [0.1, 0.15) is 45.9 Å². The highest BCUT2D eigenvalue weighted by atomic mass is 15.2. The van der Waals surface area contributed by atoms with Gasteiger partial charge in [0.1, 0.15) is 0 Å². The zero-order valence-corrected chi connectivity index (χ0v) is 14.3. The highest BCUT2D eigenvalue weighted by molar-refractivity contribution is 5.06. The maximum Gasteiger partial charge on any atom is 0.0948 e. The Kier molecular flexibility index (Phi) is 8.57. The summed E-state index contributed by atoms with van der Waals surface area (Å²) in [6, 6.07) is 0.272. The minimum atomic E-state index is 0.272. The number of aryl methyl sites for hydroxylation is 1. The van der Waals surface area contributed by atoms with E-state index in [-0.39, 0.29) is 6.04 Å². The van der Waals surface area contributed by atoms with Gasteiger partial charge in [0.25, 0.3) is 0 Å². The molecule has 2 N–H and O–H groups in total. The normalized spacial score (nSPS) is 13.3. The van der Waals surface area contributed by atoms with Crippen LogP contribution in [0, 0.1) is 0 Å². The van der Waals surface area contributed by atoms with Crippen LogP contribution in [-0.2, 0) is 6.54 Å². The molecule has 0 aliphatic heterocycles. The molecule has 0 aliphatic rings. The van der Waals surface area contributed by atoms with E-state index in [2.05, 4.69) is 47.0 Å². The van der Waals surface area contributed by atoms with Gasteiger partial charge < -0.3 is 15.2 Å². The van der Waals surface area contributed by atoms with Crippen molar-refractivity contribution in [3.05, 3.63) is 18.2 Å². The largest absolute Gasteiger partial charge is 0.333 e. The Morgan fingerprint density at radius 3 is 2.38 bits per heavy atom. The molecule has 0 bridgehead atoms. The summed E-state index contributed by atoms with van der Waals surface area (Å²) in [6.45, 7) is 15.9. The van der Waals surface area contributed by atoms with E-state index in [1.165, 1.54) is 12.1 Å². The van der Waals surface area contributed by atoms with Gasteiger partial charge in [-0.15, -0.1) is 0 Å². The van der Waals surface area contributed by atoms with Crippen LogP contribution in [0.4, 0.5) is 0 Å². The molecule has 1 rings (SSSR count). The molecular formula is C16H33N5. The lowest BCUT2D eigenvalue weighted by atomic mass is 10.1. The first-order valence-corrected chi connectivity index (χ1v) is 8.38. The van der Waals surface area contributed by atoms with E-state index < -0.39 is 0 Å². The molecule has 1 aromatic heterocycles. The SMILES string of the molecule is CCN(CC)CCCN(CC)C(CN)c1cncn1CC. The van der Waals surface area contributed by atoms with Crippen LogP contribution in [0.3, 0.4) is 0 Å². The van der Waals surface area contributed by atoms with Crippen LogP contribution in [0.15, 0.2) is 12.5 Å². The van der Waals surface area contributed by atoms with Crippen molar-refractivity contribution in [2.45, 2.75) is 46.7 Å². The zero-order valence-electron chi connectivity index (χ0n) is 14.3. The summed E-state index contributed by atoms with van der Waals surface area (Å²) in [7, 11) is 0. The number of imidazole rings is 1. The summed E-state index contributed by atoms with van der Waals surface area (Å²) in [6.07, 6.45) is 5.06. The van der Waals surface area contributed by atoms with Crippen molar-refractivity contribution in [3.8, 4) is 0 Å². The number of aromatic nitrogens is 2. The second-order valence-electron chi connectivity index (χ2n) is 5.37. The molecular weight excluding hydrogens is 262 g/mol. The van der Waals surface area contributed by atoms with Crippen LogP contribution in [0.2, 0.25) is 0 Å². The molecule has 0 saturated heterocycles. The summed E-state index contributed by atoms with van der Waals surface area (Å²) in [5, 5.41) is 0. The Bertz CT molecular complexity index is 372. The Morgan fingerprint density at radius 2 is 1.86 bits per heavy atom. The van der Waals surface area contributed by atoms with E-state index in [1.54, 1.807) is 0 Å². The first-order chi connectivity index (χ1) is 10.2. The van der Waals surface area contributed by atoms with Gasteiger partial charge in [-0.1, -0.05) is 20.8 Å². The minimum absolute atomic E-state index is 0.272. The van der Waals surface area contributed by atoms with Crippen molar-refractivity contribution < 1.29 is 0 Å². The molecule has 0 amide bonds. The lowest BCUT2D eigenvalue weighted by Crippen LogP contribution is -2.37. The lowest BCUT2D eigenvalue weighted by Gasteiger charge is -2.31. The van der Waals surface area contributed by atoms with E-state index in [0.717, 1.165) is 39.3 Å². The second kappa shape index (κ2) is 9.92. The summed E-state index contributed by atoms with van der Waals surface area (Å²) in [5.41, 5.74) is 7.30. The van der Waals surface area contributed by atoms with Crippen LogP contribution >= 0.6 is 0 Å². The standard InChI is InChI=1S/C16H33N5/c1-5-19(6-2)10-9-11-20(7-3)15(12-17)16-13-18-14-21(16)8-4/h13-15H,5-12,17H2,1-4H3. The first kappa shape index (κ1) is 18.1. The van der Waals surface area contributed by atoms with E-state index in [4.69, 9.17) is 5.73 Å². The van der Waals surface area contributed by atoms with Crippen molar-refractivity contribution in [2.24, 2.45) is 5.73 Å². The molecule has 1 heterocycles. The molecule has 5 heteroatoms. The number of nitrogens with zero attached hydrogens (tertiary/aromatic N) is 4. The van der Waals surface area contributed by atoms with Crippen molar-refractivity contribution in [3.63, 3.8) is 0 Å². The molecule has 1 unspecified atom stereocenters. The number of rotatable bonds is 11. The van der Waals surface area contributed by atoms with Crippen molar-refractivity contribution in [1.82, 2.24) is 19.4 Å². The highest BCUT2D eigenvalue weighted by Crippen LogP contribution is 2.19. The molecule has 5 nitrogen and oxygen atoms in total. The molecule has 1 aromatic rings.